The zero-order valence-corrected chi connectivity index (χ0v) is 6.68. The Morgan fingerprint density at radius 3 is 1.64 bits per heavy atom. The van der Waals surface area contributed by atoms with Crippen molar-refractivity contribution in [2.45, 2.75) is 6.92 Å². The van der Waals surface area contributed by atoms with Gasteiger partial charge in [0, 0.05) is 0 Å². The largest absolute Gasteiger partial charge is 0.631 e. The van der Waals surface area contributed by atoms with E-state index in [-0.39, 0.29) is 6.61 Å². The van der Waals surface area contributed by atoms with Crippen molar-refractivity contribution in [1.29, 1.82) is 0 Å². The van der Waals surface area contributed by atoms with E-state index in [4.69, 9.17) is 24.9 Å². The van der Waals surface area contributed by atoms with Gasteiger partial charge in [0.1, 0.15) is 0 Å². The van der Waals surface area contributed by atoms with Crippen LogP contribution in [0.4, 0.5) is 0 Å². The lowest BCUT2D eigenvalue weighted by Crippen LogP contribution is -2.07. The summed E-state index contributed by atoms with van der Waals surface area (Å²) in [5.41, 5.74) is 0. The first-order valence-electron chi connectivity index (χ1n) is 2.54. The molecule has 68 valence electrons. The van der Waals surface area contributed by atoms with E-state index in [0.29, 0.717) is 0 Å². The molecule has 0 fully saturated rings. The van der Waals surface area contributed by atoms with Gasteiger partial charge in [-0.2, -0.15) is 0 Å². The zero-order valence-electron chi connectivity index (χ0n) is 5.78. The summed E-state index contributed by atoms with van der Waals surface area (Å²) in [6, 6.07) is 0. The standard InChI is InChI=1S/C2H7O4P.BH3O3/c1-2-6-7(3,4)5;2-1(3)4/h2H2,1H3,(H2,3,4,5);2-4H. The normalized spacial score (nSPS) is 10.0. The monoisotopic (exact) mass is 188 g/mol. The Morgan fingerprint density at radius 1 is 1.36 bits per heavy atom. The highest BCUT2D eigenvalue weighted by molar-refractivity contribution is 7.46. The van der Waals surface area contributed by atoms with E-state index in [9.17, 15) is 4.57 Å². The van der Waals surface area contributed by atoms with E-state index in [1.165, 1.54) is 6.92 Å². The van der Waals surface area contributed by atoms with Crippen molar-refractivity contribution in [3.63, 3.8) is 0 Å². The molecule has 0 rings (SSSR count). The molecule has 11 heavy (non-hydrogen) atoms. The summed E-state index contributed by atoms with van der Waals surface area (Å²) in [5, 5.41) is 21.5. The Hall–Kier alpha value is 0.0549. The van der Waals surface area contributed by atoms with E-state index in [0.717, 1.165) is 0 Å². The summed E-state index contributed by atoms with van der Waals surface area (Å²) in [7, 11) is -6.33. The molecule has 0 radical (unpaired) electrons. The van der Waals surface area contributed by atoms with Gasteiger partial charge < -0.3 is 24.9 Å². The minimum Gasteiger partial charge on any atom is -0.402 e. The topological polar surface area (TPSA) is 127 Å². The third kappa shape index (κ3) is 39.7. The molecule has 0 saturated heterocycles. The maximum absolute atomic E-state index is 9.70. The molecule has 9 heteroatoms. The molecule has 7 nitrogen and oxygen atoms in total. The van der Waals surface area contributed by atoms with Crippen LogP contribution in [0.15, 0.2) is 0 Å². The summed E-state index contributed by atoms with van der Waals surface area (Å²) in [6.07, 6.45) is 0. The van der Waals surface area contributed by atoms with E-state index in [1.807, 2.05) is 0 Å². The van der Waals surface area contributed by atoms with Crippen molar-refractivity contribution in [3.05, 3.63) is 0 Å². The van der Waals surface area contributed by atoms with E-state index in [1.54, 1.807) is 0 Å². The van der Waals surface area contributed by atoms with Crippen LogP contribution in [0.25, 0.3) is 0 Å². The molecule has 0 heterocycles. The fourth-order valence-corrected chi connectivity index (χ4v) is 0.505. The number of hydrogen-bond donors (Lipinski definition) is 5. The third-order valence-electron chi connectivity index (χ3n) is 0.297. The molecule has 0 aromatic heterocycles. The van der Waals surface area contributed by atoms with Gasteiger partial charge in [-0.1, -0.05) is 0 Å². The number of phosphoric ester groups is 1. The fourth-order valence-electron chi connectivity index (χ4n) is 0.168. The quantitative estimate of drug-likeness (QED) is 0.252. The highest BCUT2D eigenvalue weighted by atomic mass is 31.2. The summed E-state index contributed by atoms with van der Waals surface area (Å²) in [4.78, 5) is 15.8. The molecule has 0 amide bonds. The highest BCUT2D eigenvalue weighted by Crippen LogP contribution is 2.34. The highest BCUT2D eigenvalue weighted by Gasteiger charge is 2.10. The number of phosphoric acid groups is 1. The molecule has 0 saturated carbocycles. The molecule has 0 spiro atoms. The average molecular weight is 188 g/mol. The smallest absolute Gasteiger partial charge is 0.402 e. The minimum atomic E-state index is -4.17. The molecule has 0 aromatic carbocycles. The van der Waals surface area contributed by atoms with Gasteiger partial charge in [-0.3, -0.25) is 4.52 Å². The molecule has 0 bridgehead atoms. The second-order valence-corrected chi connectivity index (χ2v) is 2.49. The first kappa shape index (κ1) is 13.6. The van der Waals surface area contributed by atoms with Gasteiger partial charge in [0.2, 0.25) is 0 Å². The van der Waals surface area contributed by atoms with Crippen LogP contribution in [0.5, 0.6) is 0 Å². The lowest BCUT2D eigenvalue weighted by atomic mass is 10.3. The van der Waals surface area contributed by atoms with Gasteiger partial charge in [0.25, 0.3) is 0 Å². The van der Waals surface area contributed by atoms with Gasteiger partial charge in [0.05, 0.1) is 6.61 Å². The fraction of sp³-hybridized carbons (Fsp3) is 1.00. The van der Waals surface area contributed by atoms with Crippen LogP contribution >= 0.6 is 7.82 Å². The van der Waals surface area contributed by atoms with Gasteiger partial charge in [-0.15, -0.1) is 0 Å². The van der Waals surface area contributed by atoms with Crippen molar-refractivity contribution >= 4 is 15.1 Å². The maximum Gasteiger partial charge on any atom is 0.631 e. The van der Waals surface area contributed by atoms with E-state index < -0.39 is 15.1 Å². The molecule has 0 aliphatic rings. The minimum absolute atomic E-state index is 0.0459. The van der Waals surface area contributed by atoms with Gasteiger partial charge in [-0.05, 0) is 6.92 Å². The van der Waals surface area contributed by atoms with Gasteiger partial charge >= 0.3 is 15.1 Å². The predicted octanol–water partition coefficient (Wildman–Crippen LogP) is -1.94. The van der Waals surface area contributed by atoms with Crippen molar-refractivity contribution in [2.24, 2.45) is 0 Å². The molecule has 0 atom stereocenters. The van der Waals surface area contributed by atoms with E-state index in [2.05, 4.69) is 4.52 Å². The third-order valence-corrected chi connectivity index (χ3v) is 0.892. The Kier molecular flexibility index (Phi) is 8.36. The zero-order chi connectivity index (χ0) is 9.49. The maximum atomic E-state index is 9.70. The van der Waals surface area contributed by atoms with Crippen LogP contribution in [0.1, 0.15) is 6.92 Å². The van der Waals surface area contributed by atoms with Gasteiger partial charge in [0.15, 0.2) is 0 Å². The van der Waals surface area contributed by atoms with Gasteiger partial charge in [-0.25, -0.2) is 4.57 Å². The Morgan fingerprint density at radius 2 is 1.64 bits per heavy atom. The number of hydrogen-bond acceptors (Lipinski definition) is 5. The first-order valence-corrected chi connectivity index (χ1v) is 4.07. The summed E-state index contributed by atoms with van der Waals surface area (Å²) < 4.78 is 13.6. The first-order chi connectivity index (χ1) is 4.79. The Balaban J connectivity index is 0. The second-order valence-electron chi connectivity index (χ2n) is 1.25. The summed E-state index contributed by atoms with van der Waals surface area (Å²) >= 11 is 0. The molecular weight excluding hydrogens is 178 g/mol. The van der Waals surface area contributed by atoms with Crippen LogP contribution in [-0.2, 0) is 9.09 Å². The van der Waals surface area contributed by atoms with Crippen LogP contribution in [0, 0.1) is 0 Å². The van der Waals surface area contributed by atoms with Crippen LogP contribution in [0.2, 0.25) is 0 Å². The SMILES string of the molecule is CCOP(=O)(O)O.OB(O)O. The van der Waals surface area contributed by atoms with Crippen molar-refractivity contribution < 1.29 is 33.9 Å². The molecule has 0 aliphatic heterocycles. The van der Waals surface area contributed by atoms with Crippen molar-refractivity contribution in [3.8, 4) is 0 Å². The molecule has 0 aromatic rings. The van der Waals surface area contributed by atoms with Crippen molar-refractivity contribution in [2.75, 3.05) is 6.61 Å². The summed E-state index contributed by atoms with van der Waals surface area (Å²) in [5.74, 6) is 0. The molecule has 5 N–H and O–H groups in total. The Labute approximate surface area is 63.7 Å². The average Bonchev–Trinajstić information content (AvgIpc) is 1.58. The molecular formula is C2H10BO7P. The van der Waals surface area contributed by atoms with Crippen LogP contribution in [-0.4, -0.2) is 38.8 Å². The van der Waals surface area contributed by atoms with E-state index >= 15 is 0 Å². The predicted molar refractivity (Wildman–Crippen MR) is 36.1 cm³/mol. The number of rotatable bonds is 2. The lowest BCUT2D eigenvalue weighted by molar-refractivity contribution is 0.206. The second kappa shape index (κ2) is 6.75. The Bertz CT molecular complexity index is 117. The summed E-state index contributed by atoms with van der Waals surface area (Å²) in [6.45, 7) is 1.56. The van der Waals surface area contributed by atoms with Crippen LogP contribution < -0.4 is 0 Å². The van der Waals surface area contributed by atoms with Crippen molar-refractivity contribution in [1.82, 2.24) is 0 Å². The molecule has 0 aliphatic carbocycles. The lowest BCUT2D eigenvalue weighted by Gasteiger charge is -1.98. The molecule has 0 unspecified atom stereocenters. The van der Waals surface area contributed by atoms with Crippen LogP contribution in [0.3, 0.4) is 0 Å².